The molecular weight excluding hydrogens is 218 g/mol. The predicted octanol–water partition coefficient (Wildman–Crippen LogP) is 3.26. The minimum absolute atomic E-state index is 0.158. The molecule has 0 aliphatic heterocycles. The van der Waals surface area contributed by atoms with Crippen molar-refractivity contribution in [3.8, 4) is 0 Å². The molecule has 1 aromatic heterocycles. The summed E-state index contributed by atoms with van der Waals surface area (Å²) in [6.07, 6.45) is 8.87. The highest BCUT2D eigenvalue weighted by Crippen LogP contribution is 2.33. The number of aliphatic hydroxyl groups excluding tert-OH is 1. The van der Waals surface area contributed by atoms with Crippen LogP contribution in [0, 0.1) is 11.8 Å². The van der Waals surface area contributed by atoms with Gasteiger partial charge in [-0.2, -0.15) is 0 Å². The Morgan fingerprint density at radius 3 is 3.12 bits per heavy atom. The number of aromatic nitrogens is 1. The van der Waals surface area contributed by atoms with Crippen LogP contribution in [0.15, 0.2) is 11.7 Å². The van der Waals surface area contributed by atoms with Crippen LogP contribution in [0.25, 0.3) is 0 Å². The fraction of sp³-hybridized carbons (Fsp3) is 0.769. The van der Waals surface area contributed by atoms with Crippen molar-refractivity contribution in [1.29, 1.82) is 0 Å². The van der Waals surface area contributed by atoms with E-state index in [1.54, 1.807) is 11.3 Å². The van der Waals surface area contributed by atoms with Gasteiger partial charge < -0.3 is 5.11 Å². The largest absolute Gasteiger partial charge is 0.392 e. The smallest absolute Gasteiger partial charge is 0.0794 e. The Morgan fingerprint density at radius 2 is 2.44 bits per heavy atom. The summed E-state index contributed by atoms with van der Waals surface area (Å²) >= 11 is 1.65. The summed E-state index contributed by atoms with van der Waals surface area (Å²) in [4.78, 5) is 5.27. The molecule has 0 radical (unpaired) electrons. The van der Waals surface area contributed by atoms with Gasteiger partial charge in [-0.05, 0) is 24.7 Å². The van der Waals surface area contributed by atoms with E-state index in [0.29, 0.717) is 5.92 Å². The maximum Gasteiger partial charge on any atom is 0.0794 e. The van der Waals surface area contributed by atoms with E-state index in [2.05, 4.69) is 11.9 Å². The molecule has 1 aliphatic carbocycles. The molecule has 3 heteroatoms. The summed E-state index contributed by atoms with van der Waals surface area (Å²) in [6, 6.07) is 0. The van der Waals surface area contributed by atoms with Gasteiger partial charge in [0.15, 0.2) is 0 Å². The van der Waals surface area contributed by atoms with Crippen molar-refractivity contribution in [3.05, 3.63) is 16.6 Å². The zero-order chi connectivity index (χ0) is 11.4. The third-order valence-corrected chi connectivity index (χ3v) is 4.64. The maximum atomic E-state index is 10.2. The molecule has 3 atom stereocenters. The topological polar surface area (TPSA) is 33.1 Å². The van der Waals surface area contributed by atoms with E-state index in [9.17, 15) is 5.11 Å². The highest BCUT2D eigenvalue weighted by molar-refractivity contribution is 7.09. The monoisotopic (exact) mass is 239 g/mol. The lowest BCUT2D eigenvalue weighted by Gasteiger charge is -2.31. The molecule has 3 unspecified atom stereocenters. The van der Waals surface area contributed by atoms with Crippen LogP contribution >= 0.6 is 11.3 Å². The van der Waals surface area contributed by atoms with Crippen molar-refractivity contribution >= 4 is 11.3 Å². The zero-order valence-electron chi connectivity index (χ0n) is 9.93. The second-order valence-electron chi connectivity index (χ2n) is 4.94. The Hall–Kier alpha value is -0.410. The number of rotatable bonds is 4. The maximum absolute atomic E-state index is 10.2. The lowest BCUT2D eigenvalue weighted by molar-refractivity contribution is 0.0690. The van der Waals surface area contributed by atoms with Crippen LogP contribution < -0.4 is 0 Å². The molecule has 0 bridgehead atoms. The van der Waals surface area contributed by atoms with Crippen molar-refractivity contribution in [2.24, 2.45) is 11.8 Å². The van der Waals surface area contributed by atoms with Crippen LogP contribution in [0.3, 0.4) is 0 Å². The number of hydrogen-bond donors (Lipinski definition) is 1. The molecule has 0 spiro atoms. The van der Waals surface area contributed by atoms with Gasteiger partial charge in [0.05, 0.1) is 11.6 Å². The van der Waals surface area contributed by atoms with Gasteiger partial charge in [-0.1, -0.05) is 26.2 Å². The van der Waals surface area contributed by atoms with Gasteiger partial charge >= 0.3 is 0 Å². The molecule has 1 N–H and O–H groups in total. The average molecular weight is 239 g/mol. The fourth-order valence-electron chi connectivity index (χ4n) is 2.77. The molecule has 2 rings (SSSR count). The lowest BCUT2D eigenvalue weighted by atomic mass is 9.77. The Morgan fingerprint density at radius 1 is 1.56 bits per heavy atom. The van der Waals surface area contributed by atoms with E-state index in [1.807, 2.05) is 11.7 Å². The zero-order valence-corrected chi connectivity index (χ0v) is 10.7. The summed E-state index contributed by atoms with van der Waals surface area (Å²) in [5.74, 6) is 1.36. The van der Waals surface area contributed by atoms with Crippen LogP contribution in [0.2, 0.25) is 0 Å². The predicted molar refractivity (Wildman–Crippen MR) is 67.6 cm³/mol. The van der Waals surface area contributed by atoms with Gasteiger partial charge in [-0.15, -0.1) is 11.3 Å². The second kappa shape index (κ2) is 5.78. The van der Waals surface area contributed by atoms with Crippen LogP contribution in [0.5, 0.6) is 0 Å². The van der Waals surface area contributed by atoms with Gasteiger partial charge in [0.25, 0.3) is 0 Å². The first-order valence-corrected chi connectivity index (χ1v) is 7.23. The van der Waals surface area contributed by atoms with Crippen LogP contribution in [0.4, 0.5) is 0 Å². The third kappa shape index (κ3) is 3.05. The highest BCUT2D eigenvalue weighted by Gasteiger charge is 2.26. The van der Waals surface area contributed by atoms with Gasteiger partial charge in [0, 0.05) is 17.5 Å². The molecule has 0 aromatic carbocycles. The third-order valence-electron chi connectivity index (χ3n) is 3.84. The molecule has 1 aliphatic rings. The number of hydrogen-bond acceptors (Lipinski definition) is 3. The normalized spacial score (nSPS) is 27.9. The molecular formula is C13H21NOS. The van der Waals surface area contributed by atoms with E-state index in [-0.39, 0.29) is 6.10 Å². The highest BCUT2D eigenvalue weighted by atomic mass is 32.1. The first kappa shape index (κ1) is 12.1. The van der Waals surface area contributed by atoms with Crippen molar-refractivity contribution in [2.75, 3.05) is 0 Å². The molecule has 90 valence electrons. The number of thiazole rings is 1. The van der Waals surface area contributed by atoms with E-state index in [1.165, 1.54) is 37.0 Å². The Kier molecular flexibility index (Phi) is 4.36. The quantitative estimate of drug-likeness (QED) is 0.875. The molecule has 1 heterocycles. The molecule has 1 aromatic rings. The molecule has 16 heavy (non-hydrogen) atoms. The summed E-state index contributed by atoms with van der Waals surface area (Å²) in [5, 5.41) is 10.2. The summed E-state index contributed by atoms with van der Waals surface area (Å²) in [5.41, 5.74) is 1.85. The summed E-state index contributed by atoms with van der Waals surface area (Å²) in [6.45, 7) is 2.27. The van der Waals surface area contributed by atoms with Crippen molar-refractivity contribution < 1.29 is 5.11 Å². The van der Waals surface area contributed by atoms with Crippen LogP contribution in [0.1, 0.15) is 43.9 Å². The number of nitrogens with zero attached hydrogens (tertiary/aromatic N) is 1. The second-order valence-corrected chi connectivity index (χ2v) is 5.91. The standard InChI is InChI=1S/C13H21NOS/c1-2-10-4-3-5-11(6-10)13(15)7-12-8-14-9-16-12/h8-11,13,15H,2-7H2,1H3. The van der Waals surface area contributed by atoms with Crippen LogP contribution in [-0.4, -0.2) is 16.2 Å². The Labute approximate surface area is 102 Å². The molecule has 2 nitrogen and oxygen atoms in total. The lowest BCUT2D eigenvalue weighted by Crippen LogP contribution is -2.28. The first-order valence-electron chi connectivity index (χ1n) is 6.35. The Bertz CT molecular complexity index is 299. The van der Waals surface area contributed by atoms with Crippen molar-refractivity contribution in [3.63, 3.8) is 0 Å². The van der Waals surface area contributed by atoms with E-state index >= 15 is 0 Å². The van der Waals surface area contributed by atoms with Crippen molar-refractivity contribution in [2.45, 2.75) is 51.6 Å². The molecule has 1 fully saturated rings. The van der Waals surface area contributed by atoms with Crippen LogP contribution in [-0.2, 0) is 6.42 Å². The molecule has 0 amide bonds. The van der Waals surface area contributed by atoms with E-state index in [4.69, 9.17) is 0 Å². The summed E-state index contributed by atoms with van der Waals surface area (Å²) < 4.78 is 0. The molecule has 0 saturated heterocycles. The first-order chi connectivity index (χ1) is 7.79. The van der Waals surface area contributed by atoms with Gasteiger partial charge in [0.1, 0.15) is 0 Å². The number of aliphatic hydroxyl groups is 1. The minimum Gasteiger partial charge on any atom is -0.392 e. The summed E-state index contributed by atoms with van der Waals surface area (Å²) in [7, 11) is 0. The van der Waals surface area contributed by atoms with E-state index < -0.39 is 0 Å². The van der Waals surface area contributed by atoms with Gasteiger partial charge in [-0.3, -0.25) is 4.98 Å². The van der Waals surface area contributed by atoms with E-state index in [0.717, 1.165) is 12.3 Å². The minimum atomic E-state index is -0.158. The fourth-order valence-corrected chi connectivity index (χ4v) is 3.41. The van der Waals surface area contributed by atoms with Gasteiger partial charge in [-0.25, -0.2) is 0 Å². The average Bonchev–Trinajstić information content (AvgIpc) is 2.82. The van der Waals surface area contributed by atoms with Gasteiger partial charge in [0.2, 0.25) is 0 Å². The van der Waals surface area contributed by atoms with Crippen molar-refractivity contribution in [1.82, 2.24) is 4.98 Å². The molecule has 1 saturated carbocycles. The SMILES string of the molecule is CCC1CCCC(C(O)Cc2cncs2)C1. The Balaban J connectivity index is 1.86.